The van der Waals surface area contributed by atoms with Gasteiger partial charge in [0.15, 0.2) is 0 Å². The Morgan fingerprint density at radius 3 is 2.32 bits per heavy atom. The molecule has 0 unspecified atom stereocenters. The summed E-state index contributed by atoms with van der Waals surface area (Å²) in [5.74, 6) is 0.0915. The van der Waals surface area contributed by atoms with Crippen LogP contribution in [-0.2, 0) is 10.0 Å². The minimum Gasteiger partial charge on any atom is -0.435 e. The number of rotatable bonds is 9. The maximum absolute atomic E-state index is 12.4. The predicted octanol–water partition coefficient (Wildman–Crippen LogP) is 5.04. The molecule has 0 bridgehead atoms. The Bertz CT molecular complexity index is 912. The molecule has 0 radical (unpaired) electrons. The summed E-state index contributed by atoms with van der Waals surface area (Å²) in [6, 6.07) is 11.8. The molecule has 8 heteroatoms. The van der Waals surface area contributed by atoms with E-state index in [9.17, 15) is 17.2 Å². The topological polar surface area (TPSA) is 67.4 Å². The third kappa shape index (κ3) is 6.84. The largest absolute Gasteiger partial charge is 0.435 e. The minimum atomic E-state index is -3.31. The maximum atomic E-state index is 12.4. The summed E-state index contributed by atoms with van der Waals surface area (Å²) < 4.78 is 55.0. The van der Waals surface area contributed by atoms with Crippen molar-refractivity contribution in [1.82, 2.24) is 0 Å². The number of hydrogen-bond donors (Lipinski definition) is 2. The zero-order chi connectivity index (χ0) is 20.7. The van der Waals surface area contributed by atoms with Crippen molar-refractivity contribution < 1.29 is 21.9 Å². The van der Waals surface area contributed by atoms with Gasteiger partial charge in [0.1, 0.15) is 5.75 Å². The lowest BCUT2D eigenvalue weighted by Gasteiger charge is -2.15. The number of ether oxygens (including phenoxy) is 1. The quantitative estimate of drug-likeness (QED) is 0.569. The van der Waals surface area contributed by atoms with Crippen LogP contribution in [0.4, 0.5) is 20.2 Å². The van der Waals surface area contributed by atoms with Crippen LogP contribution in [0.5, 0.6) is 5.75 Å². The Kier molecular flexibility index (Phi) is 7.39. The van der Waals surface area contributed by atoms with Gasteiger partial charge in [-0.2, -0.15) is 8.78 Å². The third-order valence-corrected chi connectivity index (χ3v) is 5.02. The summed E-state index contributed by atoms with van der Waals surface area (Å²) >= 11 is 0. The zero-order valence-electron chi connectivity index (χ0n) is 15.9. The molecule has 0 heterocycles. The first kappa shape index (κ1) is 21.7. The lowest BCUT2D eigenvalue weighted by molar-refractivity contribution is -0.0498. The molecule has 2 aromatic carbocycles. The summed E-state index contributed by atoms with van der Waals surface area (Å²) in [5, 5.41) is 3.21. The fourth-order valence-corrected chi connectivity index (χ4v) is 3.03. The standard InChI is InChI=1S/C20H24F2N2O3S/c1-4-28(25,26)24-17-10-6-15(7-11-17)5-8-16-9-12-18(27-20(21)22)13-19(16)23-14(2)3/h5-14,20,23-24H,4H2,1-3H3/b8-5+. The number of sulfonamides is 1. The van der Waals surface area contributed by atoms with E-state index < -0.39 is 16.6 Å². The van der Waals surface area contributed by atoms with E-state index in [4.69, 9.17) is 0 Å². The van der Waals surface area contributed by atoms with Crippen LogP contribution in [0.3, 0.4) is 0 Å². The molecule has 0 atom stereocenters. The Morgan fingerprint density at radius 2 is 1.75 bits per heavy atom. The first-order valence-electron chi connectivity index (χ1n) is 8.82. The Balaban J connectivity index is 2.20. The van der Waals surface area contributed by atoms with Crippen molar-refractivity contribution in [3.63, 3.8) is 0 Å². The Hall–Kier alpha value is -2.61. The van der Waals surface area contributed by atoms with Crippen LogP contribution in [0.25, 0.3) is 12.2 Å². The molecule has 2 rings (SSSR count). The van der Waals surface area contributed by atoms with Gasteiger partial charge >= 0.3 is 6.61 Å². The van der Waals surface area contributed by atoms with Crippen LogP contribution in [0, 0.1) is 0 Å². The van der Waals surface area contributed by atoms with Crippen LogP contribution in [0.15, 0.2) is 42.5 Å². The average Bonchev–Trinajstić information content (AvgIpc) is 2.61. The van der Waals surface area contributed by atoms with E-state index in [1.54, 1.807) is 37.3 Å². The van der Waals surface area contributed by atoms with Crippen molar-refractivity contribution in [2.45, 2.75) is 33.4 Å². The van der Waals surface area contributed by atoms with Crippen LogP contribution >= 0.6 is 0 Å². The summed E-state index contributed by atoms with van der Waals surface area (Å²) in [4.78, 5) is 0. The van der Waals surface area contributed by atoms with Gasteiger partial charge in [-0.1, -0.05) is 24.3 Å². The molecule has 5 nitrogen and oxygen atoms in total. The average molecular weight is 410 g/mol. The molecule has 0 saturated heterocycles. The molecule has 28 heavy (non-hydrogen) atoms. The van der Waals surface area contributed by atoms with Gasteiger partial charge in [-0.25, -0.2) is 8.42 Å². The maximum Gasteiger partial charge on any atom is 0.387 e. The zero-order valence-corrected chi connectivity index (χ0v) is 16.8. The second kappa shape index (κ2) is 9.54. The van der Waals surface area contributed by atoms with E-state index in [2.05, 4.69) is 14.8 Å². The van der Waals surface area contributed by atoms with Gasteiger partial charge in [-0.05, 0) is 56.2 Å². The van der Waals surface area contributed by atoms with Crippen LogP contribution < -0.4 is 14.8 Å². The first-order valence-corrected chi connectivity index (χ1v) is 10.5. The van der Waals surface area contributed by atoms with Crippen molar-refractivity contribution in [2.24, 2.45) is 0 Å². The summed E-state index contributed by atoms with van der Waals surface area (Å²) in [6.07, 6.45) is 3.70. The lowest BCUT2D eigenvalue weighted by atomic mass is 10.1. The van der Waals surface area contributed by atoms with Gasteiger partial charge in [-0.15, -0.1) is 0 Å². The van der Waals surface area contributed by atoms with E-state index in [1.165, 1.54) is 12.1 Å². The van der Waals surface area contributed by atoms with E-state index in [0.29, 0.717) is 11.4 Å². The molecular formula is C20H24F2N2O3S. The number of anilines is 2. The van der Waals surface area contributed by atoms with Gasteiger partial charge in [0.05, 0.1) is 5.75 Å². The van der Waals surface area contributed by atoms with Crippen molar-refractivity contribution in [1.29, 1.82) is 0 Å². The first-order chi connectivity index (χ1) is 13.2. The van der Waals surface area contributed by atoms with E-state index in [-0.39, 0.29) is 17.5 Å². The van der Waals surface area contributed by atoms with Gasteiger partial charge < -0.3 is 10.1 Å². The molecule has 0 amide bonds. The molecule has 0 aromatic heterocycles. The van der Waals surface area contributed by atoms with Gasteiger partial charge in [-0.3, -0.25) is 4.72 Å². The van der Waals surface area contributed by atoms with Gasteiger partial charge in [0, 0.05) is 23.5 Å². The van der Waals surface area contributed by atoms with E-state index in [1.807, 2.05) is 26.0 Å². The lowest BCUT2D eigenvalue weighted by Crippen LogP contribution is -2.14. The normalized spacial score (nSPS) is 12.0. The highest BCUT2D eigenvalue weighted by Gasteiger charge is 2.09. The van der Waals surface area contributed by atoms with Gasteiger partial charge in [0.2, 0.25) is 10.0 Å². The highest BCUT2D eigenvalue weighted by Crippen LogP contribution is 2.26. The second-order valence-electron chi connectivity index (χ2n) is 6.39. The fourth-order valence-electron chi connectivity index (χ4n) is 2.39. The van der Waals surface area contributed by atoms with Crippen molar-refractivity contribution in [3.05, 3.63) is 53.6 Å². The minimum absolute atomic E-state index is 0.00551. The number of benzene rings is 2. The Morgan fingerprint density at radius 1 is 1.07 bits per heavy atom. The third-order valence-electron chi connectivity index (χ3n) is 3.71. The second-order valence-corrected chi connectivity index (χ2v) is 8.40. The molecule has 0 saturated carbocycles. The van der Waals surface area contributed by atoms with Crippen LogP contribution in [-0.4, -0.2) is 26.8 Å². The predicted molar refractivity (Wildman–Crippen MR) is 110 cm³/mol. The number of halogens is 2. The van der Waals surface area contributed by atoms with E-state index in [0.717, 1.165) is 11.1 Å². The van der Waals surface area contributed by atoms with Crippen molar-refractivity contribution in [2.75, 3.05) is 15.8 Å². The van der Waals surface area contributed by atoms with Crippen molar-refractivity contribution in [3.8, 4) is 5.75 Å². The molecule has 2 aromatic rings. The summed E-state index contributed by atoms with van der Waals surface area (Å²) in [6.45, 7) is 2.59. The number of nitrogens with one attached hydrogen (secondary N) is 2. The molecule has 2 N–H and O–H groups in total. The van der Waals surface area contributed by atoms with Gasteiger partial charge in [0.25, 0.3) is 0 Å². The Labute approximate surface area is 164 Å². The summed E-state index contributed by atoms with van der Waals surface area (Å²) in [5.41, 5.74) is 2.85. The fraction of sp³-hybridized carbons (Fsp3) is 0.300. The van der Waals surface area contributed by atoms with Crippen LogP contribution in [0.2, 0.25) is 0 Å². The smallest absolute Gasteiger partial charge is 0.387 e. The molecule has 0 aliphatic heterocycles. The molecule has 0 aliphatic carbocycles. The van der Waals surface area contributed by atoms with Crippen LogP contribution in [0.1, 0.15) is 31.9 Å². The van der Waals surface area contributed by atoms with Crippen molar-refractivity contribution >= 4 is 33.6 Å². The molecule has 0 fully saturated rings. The SMILES string of the molecule is CCS(=O)(=O)Nc1ccc(/C=C/c2ccc(OC(F)F)cc2NC(C)C)cc1. The molecular weight excluding hydrogens is 386 g/mol. The highest BCUT2D eigenvalue weighted by molar-refractivity contribution is 7.92. The number of alkyl halides is 2. The van der Waals surface area contributed by atoms with E-state index >= 15 is 0 Å². The summed E-state index contributed by atoms with van der Waals surface area (Å²) in [7, 11) is -3.31. The number of hydrogen-bond acceptors (Lipinski definition) is 4. The monoisotopic (exact) mass is 410 g/mol. The molecule has 152 valence electrons. The molecule has 0 spiro atoms. The molecule has 0 aliphatic rings. The highest BCUT2D eigenvalue weighted by atomic mass is 32.2.